The number of rotatable bonds is 2. The number of benzene rings is 1. The van der Waals surface area contributed by atoms with Gasteiger partial charge in [0.2, 0.25) is 5.58 Å². The van der Waals surface area contributed by atoms with Gasteiger partial charge in [-0.25, -0.2) is 4.79 Å². The SMILES string of the molecule is COc1cc(C(=O)O)cc2c(C)noc12. The van der Waals surface area contributed by atoms with Gasteiger partial charge in [-0.1, -0.05) is 5.16 Å². The molecule has 2 aromatic rings. The Labute approximate surface area is 85.2 Å². The molecule has 0 saturated carbocycles. The molecule has 0 amide bonds. The molecule has 0 atom stereocenters. The molecule has 0 aliphatic carbocycles. The summed E-state index contributed by atoms with van der Waals surface area (Å²) in [5.74, 6) is -0.624. The largest absolute Gasteiger partial charge is 0.493 e. The molecule has 0 unspecified atom stereocenters. The molecule has 0 bridgehead atoms. The first-order valence-corrected chi connectivity index (χ1v) is 4.31. The zero-order valence-electron chi connectivity index (χ0n) is 8.27. The number of nitrogens with zero attached hydrogens (tertiary/aromatic N) is 1. The Bertz CT molecular complexity index is 529. The van der Waals surface area contributed by atoms with Crippen LogP contribution in [0.2, 0.25) is 0 Å². The summed E-state index contributed by atoms with van der Waals surface area (Å²) in [6.45, 7) is 1.75. The van der Waals surface area contributed by atoms with Gasteiger partial charge in [0.1, 0.15) is 0 Å². The molecule has 1 heterocycles. The molecule has 5 heteroatoms. The van der Waals surface area contributed by atoms with Crippen LogP contribution in [0.1, 0.15) is 16.1 Å². The molecule has 0 aliphatic rings. The van der Waals surface area contributed by atoms with Gasteiger partial charge in [0.15, 0.2) is 5.75 Å². The summed E-state index contributed by atoms with van der Waals surface area (Å²) < 4.78 is 10.1. The first-order valence-electron chi connectivity index (χ1n) is 4.31. The summed E-state index contributed by atoms with van der Waals surface area (Å²) in [5.41, 5.74) is 1.28. The van der Waals surface area contributed by atoms with Crippen LogP contribution >= 0.6 is 0 Å². The smallest absolute Gasteiger partial charge is 0.335 e. The van der Waals surface area contributed by atoms with Crippen LogP contribution in [-0.2, 0) is 0 Å². The van der Waals surface area contributed by atoms with E-state index in [9.17, 15) is 4.79 Å². The number of carboxylic acids is 1. The predicted molar refractivity (Wildman–Crippen MR) is 52.3 cm³/mol. The number of carbonyl (C=O) groups is 1. The monoisotopic (exact) mass is 207 g/mol. The van der Waals surface area contributed by atoms with Crippen LogP contribution in [0.5, 0.6) is 5.75 Å². The molecule has 2 rings (SSSR count). The summed E-state index contributed by atoms with van der Waals surface area (Å²) >= 11 is 0. The van der Waals surface area contributed by atoms with Crippen LogP contribution in [0.4, 0.5) is 0 Å². The Hall–Kier alpha value is -2.04. The number of aromatic carboxylic acids is 1. The lowest BCUT2D eigenvalue weighted by atomic mass is 10.1. The minimum Gasteiger partial charge on any atom is -0.493 e. The van der Waals surface area contributed by atoms with Crippen molar-refractivity contribution in [1.82, 2.24) is 5.16 Å². The van der Waals surface area contributed by atoms with Crippen LogP contribution in [0.15, 0.2) is 16.7 Å². The van der Waals surface area contributed by atoms with E-state index in [-0.39, 0.29) is 5.56 Å². The second kappa shape index (κ2) is 3.27. The summed E-state index contributed by atoms with van der Waals surface area (Å²) in [6, 6.07) is 2.93. The van der Waals surface area contributed by atoms with E-state index in [4.69, 9.17) is 14.4 Å². The molecule has 0 spiro atoms. The standard InChI is InChI=1S/C10H9NO4/c1-5-7-3-6(10(12)13)4-8(14-2)9(7)15-11-5/h3-4H,1-2H3,(H,12,13). The highest BCUT2D eigenvalue weighted by Gasteiger charge is 2.14. The highest BCUT2D eigenvalue weighted by molar-refractivity contribution is 5.96. The van der Waals surface area contributed by atoms with Crippen molar-refractivity contribution in [2.45, 2.75) is 6.92 Å². The Morgan fingerprint density at radius 1 is 1.53 bits per heavy atom. The van der Waals surface area contributed by atoms with E-state index in [2.05, 4.69) is 5.16 Å². The van der Waals surface area contributed by atoms with E-state index in [0.29, 0.717) is 22.4 Å². The van der Waals surface area contributed by atoms with Gasteiger partial charge in [0.25, 0.3) is 0 Å². The number of fused-ring (bicyclic) bond motifs is 1. The molecular weight excluding hydrogens is 198 g/mol. The van der Waals surface area contributed by atoms with Gasteiger partial charge in [0.05, 0.1) is 18.4 Å². The van der Waals surface area contributed by atoms with E-state index in [1.54, 1.807) is 6.92 Å². The molecule has 1 aromatic carbocycles. The summed E-state index contributed by atoms with van der Waals surface area (Å²) in [4.78, 5) is 10.8. The maximum absolute atomic E-state index is 10.8. The molecule has 1 aromatic heterocycles. The third kappa shape index (κ3) is 1.41. The van der Waals surface area contributed by atoms with Crippen molar-refractivity contribution in [3.63, 3.8) is 0 Å². The van der Waals surface area contributed by atoms with Crippen molar-refractivity contribution in [3.8, 4) is 5.75 Å². The van der Waals surface area contributed by atoms with Crippen LogP contribution in [0.25, 0.3) is 11.0 Å². The fraction of sp³-hybridized carbons (Fsp3) is 0.200. The summed E-state index contributed by atoms with van der Waals surface area (Å²) in [5, 5.41) is 13.3. The summed E-state index contributed by atoms with van der Waals surface area (Å²) in [6.07, 6.45) is 0. The normalized spacial score (nSPS) is 10.5. The minimum absolute atomic E-state index is 0.158. The van der Waals surface area contributed by atoms with E-state index in [0.717, 1.165) is 0 Å². The number of ether oxygens (including phenoxy) is 1. The molecule has 0 saturated heterocycles. The number of methoxy groups -OCH3 is 1. The number of hydrogen-bond acceptors (Lipinski definition) is 4. The maximum Gasteiger partial charge on any atom is 0.335 e. The number of aryl methyl sites for hydroxylation is 1. The molecular formula is C10H9NO4. The van der Waals surface area contributed by atoms with Crippen molar-refractivity contribution >= 4 is 16.9 Å². The predicted octanol–water partition coefficient (Wildman–Crippen LogP) is 1.84. The summed E-state index contributed by atoms with van der Waals surface area (Å²) in [7, 11) is 1.46. The molecule has 0 radical (unpaired) electrons. The molecule has 78 valence electrons. The third-order valence-electron chi connectivity index (χ3n) is 2.19. The molecule has 0 aliphatic heterocycles. The van der Waals surface area contributed by atoms with Gasteiger partial charge in [-0.05, 0) is 19.1 Å². The lowest BCUT2D eigenvalue weighted by Crippen LogP contribution is -1.97. The molecule has 5 nitrogen and oxygen atoms in total. The molecule has 15 heavy (non-hydrogen) atoms. The lowest BCUT2D eigenvalue weighted by molar-refractivity contribution is 0.0696. The van der Waals surface area contributed by atoms with Gasteiger partial charge in [-0.2, -0.15) is 0 Å². The first kappa shape index (κ1) is 9.51. The third-order valence-corrected chi connectivity index (χ3v) is 2.19. The Balaban J connectivity index is 2.79. The lowest BCUT2D eigenvalue weighted by Gasteiger charge is -2.01. The highest BCUT2D eigenvalue weighted by Crippen LogP contribution is 2.29. The van der Waals surface area contributed by atoms with E-state index in [1.165, 1.54) is 19.2 Å². The van der Waals surface area contributed by atoms with Crippen LogP contribution in [0.3, 0.4) is 0 Å². The molecule has 0 fully saturated rings. The van der Waals surface area contributed by atoms with Gasteiger partial charge in [-0.15, -0.1) is 0 Å². The number of carboxylic acid groups (broad SMARTS) is 1. The quantitative estimate of drug-likeness (QED) is 0.813. The fourth-order valence-electron chi connectivity index (χ4n) is 1.40. The van der Waals surface area contributed by atoms with Gasteiger partial charge in [0, 0.05) is 5.39 Å². The Morgan fingerprint density at radius 3 is 2.87 bits per heavy atom. The second-order valence-corrected chi connectivity index (χ2v) is 3.13. The number of hydrogen-bond donors (Lipinski definition) is 1. The second-order valence-electron chi connectivity index (χ2n) is 3.13. The zero-order chi connectivity index (χ0) is 11.0. The van der Waals surface area contributed by atoms with Crippen molar-refractivity contribution in [2.24, 2.45) is 0 Å². The van der Waals surface area contributed by atoms with Gasteiger partial charge >= 0.3 is 5.97 Å². The average Bonchev–Trinajstić information content (AvgIpc) is 2.59. The first-order chi connectivity index (χ1) is 7.13. The fourth-order valence-corrected chi connectivity index (χ4v) is 1.40. The van der Waals surface area contributed by atoms with Crippen LogP contribution in [0, 0.1) is 6.92 Å². The van der Waals surface area contributed by atoms with Crippen LogP contribution in [-0.4, -0.2) is 23.3 Å². The maximum atomic E-state index is 10.8. The minimum atomic E-state index is -1.00. The highest BCUT2D eigenvalue weighted by atomic mass is 16.5. The van der Waals surface area contributed by atoms with Crippen molar-refractivity contribution in [3.05, 3.63) is 23.4 Å². The van der Waals surface area contributed by atoms with Crippen molar-refractivity contribution in [1.29, 1.82) is 0 Å². The zero-order valence-corrected chi connectivity index (χ0v) is 8.27. The Kier molecular flexibility index (Phi) is 2.07. The van der Waals surface area contributed by atoms with E-state index < -0.39 is 5.97 Å². The average molecular weight is 207 g/mol. The molecule has 1 N–H and O–H groups in total. The van der Waals surface area contributed by atoms with Gasteiger partial charge < -0.3 is 14.4 Å². The van der Waals surface area contributed by atoms with Crippen molar-refractivity contribution < 1.29 is 19.2 Å². The van der Waals surface area contributed by atoms with E-state index >= 15 is 0 Å². The Morgan fingerprint density at radius 2 is 2.27 bits per heavy atom. The van der Waals surface area contributed by atoms with Gasteiger partial charge in [-0.3, -0.25) is 0 Å². The van der Waals surface area contributed by atoms with E-state index in [1.807, 2.05) is 0 Å². The number of aromatic nitrogens is 1. The van der Waals surface area contributed by atoms with Crippen LogP contribution < -0.4 is 4.74 Å². The van der Waals surface area contributed by atoms with Crippen molar-refractivity contribution in [2.75, 3.05) is 7.11 Å². The topological polar surface area (TPSA) is 72.6 Å².